The fourth-order valence-electron chi connectivity index (χ4n) is 2.21. The lowest BCUT2D eigenvalue weighted by atomic mass is 10.0. The average Bonchev–Trinajstić information content (AvgIpc) is 2.48. The van der Waals surface area contributed by atoms with E-state index in [0.717, 1.165) is 18.8 Å². The second-order valence-electron chi connectivity index (χ2n) is 5.31. The Labute approximate surface area is 133 Å². The predicted octanol–water partition coefficient (Wildman–Crippen LogP) is 4.53. The van der Waals surface area contributed by atoms with Gasteiger partial charge in [0.1, 0.15) is 5.75 Å². The van der Waals surface area contributed by atoms with Crippen LogP contribution in [0.5, 0.6) is 5.75 Å². The molecule has 2 aromatic rings. The Hall–Kier alpha value is -1.51. The normalized spacial score (nSPS) is 10.3. The van der Waals surface area contributed by atoms with Crippen LogP contribution in [0.1, 0.15) is 36.5 Å². The molecule has 0 amide bonds. The van der Waals surface area contributed by atoms with Crippen molar-refractivity contribution in [3.05, 3.63) is 65.2 Å². The van der Waals surface area contributed by atoms with Gasteiger partial charge in [-0.1, -0.05) is 56.3 Å². The van der Waals surface area contributed by atoms with Crippen LogP contribution >= 0.6 is 12.4 Å². The first-order valence-corrected chi connectivity index (χ1v) is 7.12. The SMILES string of the molecule is COc1ccccc1CNCc1ccc(C(C)C)cc1.Cl. The van der Waals surface area contributed by atoms with E-state index >= 15 is 0 Å². The van der Waals surface area contributed by atoms with Crippen LogP contribution in [0.3, 0.4) is 0 Å². The number of hydrogen-bond acceptors (Lipinski definition) is 2. The lowest BCUT2D eigenvalue weighted by Crippen LogP contribution is -2.13. The van der Waals surface area contributed by atoms with Gasteiger partial charge in [-0.25, -0.2) is 0 Å². The van der Waals surface area contributed by atoms with Crippen molar-refractivity contribution in [2.75, 3.05) is 7.11 Å². The minimum absolute atomic E-state index is 0. The third-order valence-corrected chi connectivity index (χ3v) is 3.48. The minimum atomic E-state index is 0. The maximum absolute atomic E-state index is 5.35. The lowest BCUT2D eigenvalue weighted by molar-refractivity contribution is 0.407. The van der Waals surface area contributed by atoms with Crippen LogP contribution < -0.4 is 10.1 Å². The molecule has 0 unspecified atom stereocenters. The van der Waals surface area contributed by atoms with Gasteiger partial charge in [0.25, 0.3) is 0 Å². The molecule has 0 atom stereocenters. The van der Waals surface area contributed by atoms with Gasteiger partial charge in [0, 0.05) is 18.7 Å². The highest BCUT2D eigenvalue weighted by molar-refractivity contribution is 5.85. The van der Waals surface area contributed by atoms with Gasteiger partial charge in [0.15, 0.2) is 0 Å². The number of para-hydroxylation sites is 1. The van der Waals surface area contributed by atoms with Gasteiger partial charge in [-0.05, 0) is 23.1 Å². The molecular weight excluding hydrogens is 282 g/mol. The molecule has 114 valence electrons. The lowest BCUT2D eigenvalue weighted by Gasteiger charge is -2.10. The zero-order chi connectivity index (χ0) is 14.4. The van der Waals surface area contributed by atoms with Gasteiger partial charge in [-0.15, -0.1) is 12.4 Å². The molecule has 0 aliphatic carbocycles. The molecule has 0 aliphatic rings. The quantitative estimate of drug-likeness (QED) is 0.846. The summed E-state index contributed by atoms with van der Waals surface area (Å²) in [6, 6.07) is 16.9. The highest BCUT2D eigenvalue weighted by atomic mass is 35.5. The van der Waals surface area contributed by atoms with Crippen molar-refractivity contribution in [3.63, 3.8) is 0 Å². The van der Waals surface area contributed by atoms with Crippen LogP contribution in [-0.2, 0) is 13.1 Å². The van der Waals surface area contributed by atoms with E-state index in [9.17, 15) is 0 Å². The molecule has 0 heterocycles. The fraction of sp³-hybridized carbons (Fsp3) is 0.333. The summed E-state index contributed by atoms with van der Waals surface area (Å²) in [5.41, 5.74) is 3.89. The van der Waals surface area contributed by atoms with E-state index in [-0.39, 0.29) is 12.4 Å². The number of halogens is 1. The second kappa shape index (κ2) is 8.71. The third-order valence-electron chi connectivity index (χ3n) is 3.48. The van der Waals surface area contributed by atoms with Crippen LogP contribution in [0, 0.1) is 0 Å². The second-order valence-corrected chi connectivity index (χ2v) is 5.31. The van der Waals surface area contributed by atoms with Crippen molar-refractivity contribution in [2.24, 2.45) is 0 Å². The molecule has 2 aromatic carbocycles. The largest absolute Gasteiger partial charge is 0.496 e. The van der Waals surface area contributed by atoms with Crippen molar-refractivity contribution in [1.29, 1.82) is 0 Å². The van der Waals surface area contributed by atoms with Crippen LogP contribution in [0.15, 0.2) is 48.5 Å². The highest BCUT2D eigenvalue weighted by Gasteiger charge is 2.02. The molecule has 2 rings (SSSR count). The first-order valence-electron chi connectivity index (χ1n) is 7.12. The summed E-state index contributed by atoms with van der Waals surface area (Å²) in [6.07, 6.45) is 0. The van der Waals surface area contributed by atoms with Crippen molar-refractivity contribution >= 4 is 12.4 Å². The van der Waals surface area contributed by atoms with Crippen LogP contribution in [0.2, 0.25) is 0 Å². The molecule has 0 saturated carbocycles. The molecule has 0 radical (unpaired) electrons. The molecule has 0 aliphatic heterocycles. The van der Waals surface area contributed by atoms with Gasteiger partial charge in [-0.3, -0.25) is 0 Å². The third kappa shape index (κ3) is 5.07. The van der Waals surface area contributed by atoms with E-state index in [0.29, 0.717) is 5.92 Å². The standard InChI is InChI=1S/C18H23NO.ClH/c1-14(2)16-10-8-15(9-11-16)12-19-13-17-6-4-5-7-18(17)20-3;/h4-11,14,19H,12-13H2,1-3H3;1H. The fourth-order valence-corrected chi connectivity index (χ4v) is 2.21. The van der Waals surface area contributed by atoms with Crippen molar-refractivity contribution in [1.82, 2.24) is 5.32 Å². The first-order chi connectivity index (χ1) is 9.70. The molecule has 2 nitrogen and oxygen atoms in total. The van der Waals surface area contributed by atoms with E-state index < -0.39 is 0 Å². The van der Waals surface area contributed by atoms with Crippen LogP contribution in [0.4, 0.5) is 0 Å². The van der Waals surface area contributed by atoms with Gasteiger partial charge in [-0.2, -0.15) is 0 Å². The summed E-state index contributed by atoms with van der Waals surface area (Å²) in [5.74, 6) is 1.53. The number of rotatable bonds is 6. The maximum atomic E-state index is 5.35. The Morgan fingerprint density at radius 3 is 2.24 bits per heavy atom. The van der Waals surface area contributed by atoms with E-state index in [2.05, 4.69) is 49.5 Å². The number of hydrogen-bond donors (Lipinski definition) is 1. The molecular formula is C18H24ClNO. The number of ether oxygens (including phenoxy) is 1. The molecule has 21 heavy (non-hydrogen) atoms. The molecule has 0 saturated heterocycles. The number of methoxy groups -OCH3 is 1. The van der Waals surface area contributed by atoms with E-state index in [1.54, 1.807) is 7.11 Å². The number of nitrogens with one attached hydrogen (secondary N) is 1. The van der Waals surface area contributed by atoms with Crippen molar-refractivity contribution < 1.29 is 4.74 Å². The Bertz CT molecular complexity index is 537. The molecule has 0 fully saturated rings. The van der Waals surface area contributed by atoms with Crippen LogP contribution in [-0.4, -0.2) is 7.11 Å². The minimum Gasteiger partial charge on any atom is -0.496 e. The van der Waals surface area contributed by atoms with Crippen molar-refractivity contribution in [3.8, 4) is 5.75 Å². The zero-order valence-corrected chi connectivity index (χ0v) is 13.7. The summed E-state index contributed by atoms with van der Waals surface area (Å²) in [6.45, 7) is 6.12. The Kier molecular flexibility index (Phi) is 7.27. The van der Waals surface area contributed by atoms with Gasteiger partial charge in [0.2, 0.25) is 0 Å². The highest BCUT2D eigenvalue weighted by Crippen LogP contribution is 2.17. The Morgan fingerprint density at radius 1 is 0.952 bits per heavy atom. The van der Waals surface area contributed by atoms with E-state index in [1.807, 2.05) is 18.2 Å². The topological polar surface area (TPSA) is 21.3 Å². The molecule has 3 heteroatoms. The molecule has 0 bridgehead atoms. The number of benzene rings is 2. The summed E-state index contributed by atoms with van der Waals surface area (Å²) in [5, 5.41) is 3.46. The first kappa shape index (κ1) is 17.5. The Balaban J connectivity index is 0.00000220. The van der Waals surface area contributed by atoms with Crippen molar-refractivity contribution in [2.45, 2.75) is 32.9 Å². The average molecular weight is 306 g/mol. The Morgan fingerprint density at radius 2 is 1.62 bits per heavy atom. The monoisotopic (exact) mass is 305 g/mol. The smallest absolute Gasteiger partial charge is 0.123 e. The maximum Gasteiger partial charge on any atom is 0.123 e. The van der Waals surface area contributed by atoms with E-state index in [4.69, 9.17) is 4.74 Å². The van der Waals surface area contributed by atoms with Gasteiger partial charge < -0.3 is 10.1 Å². The summed E-state index contributed by atoms with van der Waals surface area (Å²) in [7, 11) is 1.71. The molecule has 0 aromatic heterocycles. The van der Waals surface area contributed by atoms with Gasteiger partial charge >= 0.3 is 0 Å². The van der Waals surface area contributed by atoms with E-state index in [1.165, 1.54) is 16.7 Å². The summed E-state index contributed by atoms with van der Waals surface area (Å²) in [4.78, 5) is 0. The van der Waals surface area contributed by atoms with Gasteiger partial charge in [0.05, 0.1) is 7.11 Å². The predicted molar refractivity (Wildman–Crippen MR) is 91.3 cm³/mol. The van der Waals surface area contributed by atoms with Crippen LogP contribution in [0.25, 0.3) is 0 Å². The summed E-state index contributed by atoms with van der Waals surface area (Å²) >= 11 is 0. The zero-order valence-electron chi connectivity index (χ0n) is 12.9. The summed E-state index contributed by atoms with van der Waals surface area (Å²) < 4.78 is 5.35. The molecule has 1 N–H and O–H groups in total. The molecule has 0 spiro atoms.